The number of aldehydes is 1. The number of rotatable bonds is 5. The van der Waals surface area contributed by atoms with E-state index in [-0.39, 0.29) is 10.6 Å². The Morgan fingerprint density at radius 3 is 2.61 bits per heavy atom. The summed E-state index contributed by atoms with van der Waals surface area (Å²) in [5.74, 6) is 1.91. The number of terminal acetylenes is 1. The first-order valence-corrected chi connectivity index (χ1v) is 9.99. The molecule has 9 heteroatoms. The Morgan fingerprint density at radius 2 is 1.94 bits per heavy atom. The van der Waals surface area contributed by atoms with Crippen molar-refractivity contribution in [3.8, 4) is 29.3 Å². The van der Waals surface area contributed by atoms with Gasteiger partial charge in [0.05, 0.1) is 29.3 Å². The maximum atomic E-state index is 13.5. The molecule has 2 aromatic heterocycles. The lowest BCUT2D eigenvalue weighted by molar-refractivity contribution is 0.102. The minimum atomic E-state index is -0.530. The van der Waals surface area contributed by atoms with Gasteiger partial charge in [-0.25, -0.2) is 9.37 Å². The molecule has 2 aromatic carbocycles. The molecule has 33 heavy (non-hydrogen) atoms. The fourth-order valence-corrected chi connectivity index (χ4v) is 3.58. The lowest BCUT2D eigenvalue weighted by Crippen LogP contribution is -2.15. The molecule has 0 unspecified atom stereocenters. The molecule has 0 aliphatic heterocycles. The van der Waals surface area contributed by atoms with E-state index in [0.717, 1.165) is 6.07 Å². The molecule has 4 rings (SSSR count). The summed E-state index contributed by atoms with van der Waals surface area (Å²) in [6.45, 7) is 1.74. The second-order valence-corrected chi connectivity index (χ2v) is 7.42. The molecule has 4 aromatic rings. The number of hydrogen-bond acceptors (Lipinski definition) is 5. The maximum Gasteiger partial charge on any atom is 0.256 e. The summed E-state index contributed by atoms with van der Waals surface area (Å²) in [6, 6.07) is 8.65. The van der Waals surface area contributed by atoms with Crippen molar-refractivity contribution in [2.24, 2.45) is 0 Å². The average Bonchev–Trinajstić information content (AvgIpc) is 3.33. The molecule has 0 atom stereocenters. The van der Waals surface area contributed by atoms with Crippen LogP contribution in [-0.2, 0) is 0 Å². The van der Waals surface area contributed by atoms with E-state index in [0.29, 0.717) is 45.6 Å². The standard InChI is InChI=1S/C24H15ClFN5O2/c1-3-15-10-20(14(2)8-21(15)19-5-4-17(26)9-16(19)13-32)24(33)30-18-11-22(25)23(27-12-18)31-28-6-7-29-31/h1,4-13H,2H3,(H,30,33). The van der Waals surface area contributed by atoms with Crippen LogP contribution in [0.15, 0.2) is 55.0 Å². The maximum absolute atomic E-state index is 13.5. The number of amides is 1. The van der Waals surface area contributed by atoms with Gasteiger partial charge in [-0.05, 0) is 53.9 Å². The Bertz CT molecular complexity index is 1430. The van der Waals surface area contributed by atoms with Gasteiger partial charge >= 0.3 is 0 Å². The first kappa shape index (κ1) is 21.9. The molecule has 1 amide bonds. The van der Waals surface area contributed by atoms with Crippen molar-refractivity contribution in [2.75, 3.05) is 5.32 Å². The number of aryl methyl sites for hydroxylation is 1. The number of pyridine rings is 1. The number of carbonyl (C=O) groups excluding carboxylic acids is 2. The predicted octanol–water partition coefficient (Wildman–Crippen LogP) is 4.48. The van der Waals surface area contributed by atoms with Crippen LogP contribution < -0.4 is 5.32 Å². The van der Waals surface area contributed by atoms with Gasteiger partial charge in [-0.1, -0.05) is 23.6 Å². The fraction of sp³-hybridized carbons (Fsp3) is 0.0417. The largest absolute Gasteiger partial charge is 0.321 e. The monoisotopic (exact) mass is 459 g/mol. The molecule has 0 saturated carbocycles. The Hall–Kier alpha value is -4.35. The number of nitrogens with zero attached hydrogens (tertiary/aromatic N) is 4. The second kappa shape index (κ2) is 9.02. The fourth-order valence-electron chi connectivity index (χ4n) is 3.34. The van der Waals surface area contributed by atoms with E-state index in [2.05, 4.69) is 26.4 Å². The second-order valence-electron chi connectivity index (χ2n) is 7.01. The van der Waals surface area contributed by atoms with Crippen molar-refractivity contribution < 1.29 is 14.0 Å². The van der Waals surface area contributed by atoms with E-state index in [4.69, 9.17) is 18.0 Å². The minimum Gasteiger partial charge on any atom is -0.321 e. The van der Waals surface area contributed by atoms with Crippen LogP contribution in [0.2, 0.25) is 5.02 Å². The van der Waals surface area contributed by atoms with Crippen molar-refractivity contribution >= 4 is 29.5 Å². The summed E-state index contributed by atoms with van der Waals surface area (Å²) in [5.41, 5.74) is 2.89. The number of aromatic nitrogens is 4. The molecule has 1 N–H and O–H groups in total. The Balaban J connectivity index is 1.66. The molecule has 7 nitrogen and oxygen atoms in total. The zero-order valence-corrected chi connectivity index (χ0v) is 18.0. The number of nitrogens with one attached hydrogen (secondary N) is 1. The Kier molecular flexibility index (Phi) is 5.98. The third-order valence-corrected chi connectivity index (χ3v) is 5.16. The molecular weight excluding hydrogens is 445 g/mol. The summed E-state index contributed by atoms with van der Waals surface area (Å²) < 4.78 is 13.5. The molecule has 0 fully saturated rings. The summed E-state index contributed by atoms with van der Waals surface area (Å²) in [4.78, 5) is 29.9. The van der Waals surface area contributed by atoms with Gasteiger partial charge in [-0.2, -0.15) is 10.2 Å². The van der Waals surface area contributed by atoms with Crippen LogP contribution in [0.4, 0.5) is 10.1 Å². The zero-order valence-electron chi connectivity index (χ0n) is 17.2. The Morgan fingerprint density at radius 1 is 1.18 bits per heavy atom. The highest BCUT2D eigenvalue weighted by Gasteiger charge is 2.17. The summed E-state index contributed by atoms with van der Waals surface area (Å²) in [5, 5.41) is 10.9. The first-order valence-electron chi connectivity index (χ1n) is 9.61. The number of benzene rings is 2. The van der Waals surface area contributed by atoms with E-state index < -0.39 is 11.7 Å². The molecule has 2 heterocycles. The van der Waals surface area contributed by atoms with Gasteiger partial charge in [0.25, 0.3) is 5.91 Å². The highest BCUT2D eigenvalue weighted by atomic mass is 35.5. The van der Waals surface area contributed by atoms with Crippen LogP contribution in [0.3, 0.4) is 0 Å². The van der Waals surface area contributed by atoms with Gasteiger partial charge in [0.2, 0.25) is 0 Å². The molecule has 0 aliphatic carbocycles. The molecule has 0 radical (unpaired) electrons. The van der Waals surface area contributed by atoms with E-state index in [1.807, 2.05) is 0 Å². The average molecular weight is 460 g/mol. The first-order chi connectivity index (χ1) is 15.9. The molecule has 0 aliphatic rings. The molecule has 162 valence electrons. The molecule has 0 bridgehead atoms. The smallest absolute Gasteiger partial charge is 0.256 e. The summed E-state index contributed by atoms with van der Waals surface area (Å²) in [6.07, 6.45) is 10.7. The third-order valence-electron chi connectivity index (χ3n) is 4.88. The lowest BCUT2D eigenvalue weighted by Gasteiger charge is -2.14. The zero-order chi connectivity index (χ0) is 23.5. The number of hydrogen-bond donors (Lipinski definition) is 1. The highest BCUT2D eigenvalue weighted by Crippen LogP contribution is 2.30. The topological polar surface area (TPSA) is 89.8 Å². The van der Waals surface area contributed by atoms with Crippen LogP contribution in [-0.4, -0.2) is 32.2 Å². The predicted molar refractivity (Wildman–Crippen MR) is 122 cm³/mol. The van der Waals surface area contributed by atoms with Gasteiger partial charge in [-0.15, -0.1) is 11.2 Å². The SMILES string of the molecule is C#Cc1cc(C(=O)Nc2cnc(-n3nccn3)c(Cl)c2)c(C)cc1-c1ccc(F)cc1C=O. The third kappa shape index (κ3) is 4.35. The summed E-state index contributed by atoms with van der Waals surface area (Å²) in [7, 11) is 0. The van der Waals surface area contributed by atoms with Gasteiger partial charge in [0.15, 0.2) is 12.1 Å². The van der Waals surface area contributed by atoms with Gasteiger partial charge in [-0.3, -0.25) is 9.59 Å². The van der Waals surface area contributed by atoms with Crippen molar-refractivity contribution in [3.63, 3.8) is 0 Å². The van der Waals surface area contributed by atoms with Crippen molar-refractivity contribution in [1.82, 2.24) is 20.0 Å². The number of anilines is 1. The van der Waals surface area contributed by atoms with Crippen molar-refractivity contribution in [2.45, 2.75) is 6.92 Å². The van der Waals surface area contributed by atoms with Gasteiger partial charge < -0.3 is 5.32 Å². The van der Waals surface area contributed by atoms with E-state index in [9.17, 15) is 14.0 Å². The van der Waals surface area contributed by atoms with Gasteiger partial charge in [0.1, 0.15) is 5.82 Å². The van der Waals surface area contributed by atoms with E-state index >= 15 is 0 Å². The lowest BCUT2D eigenvalue weighted by atomic mass is 9.91. The van der Waals surface area contributed by atoms with Crippen LogP contribution in [0.5, 0.6) is 0 Å². The molecular formula is C24H15ClFN5O2. The van der Waals surface area contributed by atoms with Crippen LogP contribution in [0, 0.1) is 25.1 Å². The highest BCUT2D eigenvalue weighted by molar-refractivity contribution is 6.32. The molecule has 0 spiro atoms. The van der Waals surface area contributed by atoms with Crippen LogP contribution >= 0.6 is 11.6 Å². The van der Waals surface area contributed by atoms with Crippen LogP contribution in [0.25, 0.3) is 16.9 Å². The molecule has 0 saturated heterocycles. The van der Waals surface area contributed by atoms with E-state index in [1.165, 1.54) is 41.6 Å². The summed E-state index contributed by atoms with van der Waals surface area (Å²) >= 11 is 6.26. The number of halogens is 2. The number of carbonyl (C=O) groups is 2. The minimum absolute atomic E-state index is 0.163. The van der Waals surface area contributed by atoms with E-state index in [1.54, 1.807) is 19.1 Å². The van der Waals surface area contributed by atoms with Crippen molar-refractivity contribution in [1.29, 1.82) is 0 Å². The normalized spacial score (nSPS) is 10.5. The van der Waals surface area contributed by atoms with Crippen LogP contribution in [0.1, 0.15) is 31.8 Å². The Labute approximate surface area is 193 Å². The van der Waals surface area contributed by atoms with Crippen molar-refractivity contribution in [3.05, 3.63) is 88.1 Å². The quantitative estimate of drug-likeness (QED) is 0.351. The van der Waals surface area contributed by atoms with Gasteiger partial charge in [0, 0.05) is 16.7 Å².